The van der Waals surface area contributed by atoms with Crippen LogP contribution in [-0.4, -0.2) is 38.1 Å². The molecule has 4 rings (SSSR count). The van der Waals surface area contributed by atoms with Crippen molar-refractivity contribution in [1.82, 2.24) is 10.2 Å². The highest BCUT2D eigenvalue weighted by Gasteiger charge is 2.34. The molecule has 1 aliphatic heterocycles. The molecule has 2 aromatic rings. The highest BCUT2D eigenvalue weighted by atomic mass is 16.5. The molecule has 1 heterocycles. The number of nitrogens with zero attached hydrogens (tertiary/aromatic N) is 1. The highest BCUT2D eigenvalue weighted by Crippen LogP contribution is 2.41. The van der Waals surface area contributed by atoms with Crippen molar-refractivity contribution in [2.45, 2.75) is 37.8 Å². The predicted octanol–water partition coefficient (Wildman–Crippen LogP) is 4.11. The molecule has 0 aromatic heterocycles. The molecule has 1 N–H and O–H groups in total. The van der Waals surface area contributed by atoms with Gasteiger partial charge in [0.25, 0.3) is 0 Å². The van der Waals surface area contributed by atoms with Crippen LogP contribution in [0, 0.1) is 5.92 Å². The Bertz CT molecular complexity index is 832. The van der Waals surface area contributed by atoms with Gasteiger partial charge in [0.2, 0.25) is 5.91 Å². The fourth-order valence-electron chi connectivity index (χ4n) is 4.36. The number of carbonyl (C=O) groups excluding carboxylic acids is 1. The molecule has 154 valence electrons. The third-order valence-electron chi connectivity index (χ3n) is 6.07. The Hall–Kier alpha value is -2.53. The number of likely N-dealkylation sites (tertiary alicyclic amines) is 1. The lowest BCUT2D eigenvalue weighted by molar-refractivity contribution is -0.123. The third kappa shape index (κ3) is 4.73. The number of hydrogen-bond donors (Lipinski definition) is 1. The van der Waals surface area contributed by atoms with Crippen LogP contribution in [0.4, 0.5) is 0 Å². The Balaban J connectivity index is 1.41. The molecular formula is C24H30N2O3. The summed E-state index contributed by atoms with van der Waals surface area (Å²) in [6, 6.07) is 16.6. The molecule has 2 fully saturated rings. The first-order valence-corrected chi connectivity index (χ1v) is 10.5. The average molecular weight is 395 g/mol. The molecule has 2 atom stereocenters. The molecule has 5 nitrogen and oxygen atoms in total. The molecule has 2 aromatic carbocycles. The third-order valence-corrected chi connectivity index (χ3v) is 6.07. The topological polar surface area (TPSA) is 50.8 Å². The van der Waals surface area contributed by atoms with Gasteiger partial charge in [-0.15, -0.1) is 0 Å². The highest BCUT2D eigenvalue weighted by molar-refractivity contribution is 5.78. The summed E-state index contributed by atoms with van der Waals surface area (Å²) in [7, 11) is 3.36. The van der Waals surface area contributed by atoms with E-state index in [9.17, 15) is 4.79 Å². The molecule has 29 heavy (non-hydrogen) atoms. The molecule has 1 saturated carbocycles. The van der Waals surface area contributed by atoms with Crippen molar-refractivity contribution in [2.24, 2.45) is 5.92 Å². The first-order chi connectivity index (χ1) is 14.2. The first-order valence-electron chi connectivity index (χ1n) is 10.5. The molecule has 1 saturated heterocycles. The van der Waals surface area contributed by atoms with Gasteiger partial charge in [-0.05, 0) is 73.5 Å². The van der Waals surface area contributed by atoms with Gasteiger partial charge in [0.1, 0.15) is 11.5 Å². The van der Waals surface area contributed by atoms with Gasteiger partial charge in [-0.2, -0.15) is 0 Å². The molecule has 1 aliphatic carbocycles. The van der Waals surface area contributed by atoms with Gasteiger partial charge in [-0.25, -0.2) is 0 Å². The van der Waals surface area contributed by atoms with E-state index in [1.807, 2.05) is 24.3 Å². The van der Waals surface area contributed by atoms with Crippen molar-refractivity contribution in [1.29, 1.82) is 0 Å². The lowest BCUT2D eigenvalue weighted by Crippen LogP contribution is -2.39. The summed E-state index contributed by atoms with van der Waals surface area (Å²) in [5.41, 5.74) is 2.39. The van der Waals surface area contributed by atoms with E-state index < -0.39 is 0 Å². The molecule has 0 bridgehead atoms. The maximum absolute atomic E-state index is 12.9. The first kappa shape index (κ1) is 19.8. The van der Waals surface area contributed by atoms with E-state index in [4.69, 9.17) is 9.47 Å². The van der Waals surface area contributed by atoms with Crippen LogP contribution in [0.5, 0.6) is 11.5 Å². The van der Waals surface area contributed by atoms with Gasteiger partial charge in [0, 0.05) is 6.04 Å². The summed E-state index contributed by atoms with van der Waals surface area (Å²) in [4.78, 5) is 15.2. The molecule has 0 radical (unpaired) electrons. The van der Waals surface area contributed by atoms with Gasteiger partial charge < -0.3 is 14.8 Å². The second-order valence-corrected chi connectivity index (χ2v) is 8.06. The largest absolute Gasteiger partial charge is 0.497 e. The van der Waals surface area contributed by atoms with E-state index in [0.717, 1.165) is 36.4 Å². The Morgan fingerprint density at radius 1 is 1.07 bits per heavy atom. The number of hydrogen-bond acceptors (Lipinski definition) is 4. The fourth-order valence-corrected chi connectivity index (χ4v) is 4.36. The minimum absolute atomic E-state index is 0.0891. The van der Waals surface area contributed by atoms with Gasteiger partial charge in [-0.3, -0.25) is 9.69 Å². The van der Waals surface area contributed by atoms with Crippen molar-refractivity contribution in [3.8, 4) is 11.5 Å². The van der Waals surface area contributed by atoms with Gasteiger partial charge in [0.15, 0.2) is 0 Å². The zero-order valence-corrected chi connectivity index (χ0v) is 17.3. The Morgan fingerprint density at radius 2 is 1.83 bits per heavy atom. The molecule has 5 heteroatoms. The van der Waals surface area contributed by atoms with Crippen LogP contribution in [-0.2, 0) is 4.79 Å². The van der Waals surface area contributed by atoms with Crippen LogP contribution in [0.3, 0.4) is 0 Å². The number of ether oxygens (including phenoxy) is 2. The average Bonchev–Trinajstić information content (AvgIpc) is 3.50. The monoisotopic (exact) mass is 394 g/mol. The van der Waals surface area contributed by atoms with Crippen LogP contribution in [0.15, 0.2) is 48.5 Å². The maximum atomic E-state index is 12.9. The van der Waals surface area contributed by atoms with Gasteiger partial charge >= 0.3 is 0 Å². The van der Waals surface area contributed by atoms with Crippen LogP contribution in [0.1, 0.15) is 48.9 Å². The summed E-state index contributed by atoms with van der Waals surface area (Å²) in [6.45, 7) is 1.38. The van der Waals surface area contributed by atoms with E-state index in [1.165, 1.54) is 18.4 Å². The van der Waals surface area contributed by atoms with Crippen molar-refractivity contribution in [2.75, 3.05) is 27.3 Å². The lowest BCUT2D eigenvalue weighted by atomic mass is 10.0. The summed E-state index contributed by atoms with van der Waals surface area (Å²) in [5, 5.41) is 3.31. The van der Waals surface area contributed by atoms with E-state index in [0.29, 0.717) is 12.5 Å². The predicted molar refractivity (Wildman–Crippen MR) is 113 cm³/mol. The lowest BCUT2D eigenvalue weighted by Gasteiger charge is -2.26. The second kappa shape index (κ2) is 8.87. The zero-order valence-electron chi connectivity index (χ0n) is 17.3. The Kier molecular flexibility index (Phi) is 6.05. The van der Waals surface area contributed by atoms with Crippen molar-refractivity contribution in [3.63, 3.8) is 0 Å². The minimum Gasteiger partial charge on any atom is -0.497 e. The number of rotatable bonds is 8. The zero-order chi connectivity index (χ0) is 20.2. The van der Waals surface area contributed by atoms with Crippen LogP contribution < -0.4 is 14.8 Å². The van der Waals surface area contributed by atoms with Crippen molar-refractivity contribution >= 4 is 5.91 Å². The van der Waals surface area contributed by atoms with E-state index in [-0.39, 0.29) is 18.0 Å². The van der Waals surface area contributed by atoms with Gasteiger partial charge in [-0.1, -0.05) is 24.3 Å². The quantitative estimate of drug-likeness (QED) is 0.732. The fraction of sp³-hybridized carbons (Fsp3) is 0.458. The summed E-state index contributed by atoms with van der Waals surface area (Å²) in [6.07, 6.45) is 4.53. The molecule has 2 unspecified atom stereocenters. The Labute approximate surface area is 173 Å². The maximum Gasteiger partial charge on any atom is 0.234 e. The van der Waals surface area contributed by atoms with Crippen LogP contribution in [0.25, 0.3) is 0 Å². The smallest absolute Gasteiger partial charge is 0.234 e. The molecular weight excluding hydrogens is 364 g/mol. The number of benzene rings is 2. The molecule has 1 amide bonds. The number of amides is 1. The SMILES string of the molecule is COc1ccc(C(NC(=O)CN2CCCC2c2cccc(OC)c2)C2CC2)cc1. The Morgan fingerprint density at radius 3 is 2.52 bits per heavy atom. The van der Waals surface area contributed by atoms with Crippen molar-refractivity contribution < 1.29 is 14.3 Å². The number of nitrogens with one attached hydrogen (secondary N) is 1. The van der Waals surface area contributed by atoms with Crippen LogP contribution >= 0.6 is 0 Å². The second-order valence-electron chi connectivity index (χ2n) is 8.06. The summed E-state index contributed by atoms with van der Waals surface area (Å²) >= 11 is 0. The van der Waals surface area contributed by atoms with E-state index in [2.05, 4.69) is 34.5 Å². The molecule has 2 aliphatic rings. The summed E-state index contributed by atoms with van der Waals surface area (Å²) in [5.74, 6) is 2.35. The number of carbonyl (C=O) groups is 1. The standard InChI is InChI=1S/C24H30N2O3/c1-28-20-12-10-18(11-13-20)24(17-8-9-17)25-23(27)16-26-14-4-7-22(26)19-5-3-6-21(15-19)29-2/h3,5-6,10-13,15,17,22,24H,4,7-9,14,16H2,1-2H3,(H,25,27). The normalized spacial score (nSPS) is 20.3. The minimum atomic E-state index is 0.0891. The number of methoxy groups -OCH3 is 2. The van der Waals surface area contributed by atoms with Crippen LogP contribution in [0.2, 0.25) is 0 Å². The van der Waals surface area contributed by atoms with Gasteiger partial charge in [0.05, 0.1) is 26.8 Å². The summed E-state index contributed by atoms with van der Waals surface area (Å²) < 4.78 is 10.6. The van der Waals surface area contributed by atoms with Crippen molar-refractivity contribution in [3.05, 3.63) is 59.7 Å². The van der Waals surface area contributed by atoms with E-state index in [1.54, 1.807) is 14.2 Å². The molecule has 0 spiro atoms. The van der Waals surface area contributed by atoms with E-state index >= 15 is 0 Å².